The molecule has 0 atom stereocenters. The lowest BCUT2D eigenvalue weighted by molar-refractivity contribution is 0.674. The van der Waals surface area contributed by atoms with Crippen LogP contribution in [0.5, 0.6) is 0 Å². The van der Waals surface area contributed by atoms with Crippen LogP contribution in [-0.2, 0) is 0 Å². The minimum absolute atomic E-state index is 0.918. The molecule has 0 unspecified atom stereocenters. The molecule has 1 heteroatoms. The number of hydrogen-bond donors (Lipinski definition) is 0. The van der Waals surface area contributed by atoms with Gasteiger partial charge in [0.1, 0.15) is 11.2 Å². The first-order valence-electron chi connectivity index (χ1n) is 21.2. The van der Waals surface area contributed by atoms with E-state index in [1.54, 1.807) is 0 Å². The van der Waals surface area contributed by atoms with Gasteiger partial charge in [0.05, 0.1) is 0 Å². The van der Waals surface area contributed by atoms with Gasteiger partial charge in [-0.05, 0) is 121 Å². The summed E-state index contributed by atoms with van der Waals surface area (Å²) in [7, 11) is 0. The molecule has 0 spiro atoms. The maximum atomic E-state index is 7.27. The van der Waals surface area contributed by atoms with Crippen molar-refractivity contribution in [2.24, 2.45) is 0 Å². The second-order valence-corrected chi connectivity index (χ2v) is 16.7. The molecule has 1 heterocycles. The van der Waals surface area contributed by atoms with Crippen LogP contribution in [0.25, 0.3) is 142 Å². The maximum Gasteiger partial charge on any atom is 0.143 e. The molecule has 14 aromatic rings. The SMILES string of the molecule is c1ccc(-c2ccc3ccc4c(-c5ccc(-c6ccc7ccc8c(-c9ccccc9)ccc9ccc6c7c98)c6c5oc5c7ccccc7ccc56)ccc5ccc2c3c54)cc1. The summed E-state index contributed by atoms with van der Waals surface area (Å²) in [6.45, 7) is 0. The summed E-state index contributed by atoms with van der Waals surface area (Å²) in [5.74, 6) is 0. The summed E-state index contributed by atoms with van der Waals surface area (Å²) in [6, 6.07) is 76.2. The van der Waals surface area contributed by atoms with Crippen LogP contribution in [0.1, 0.15) is 0 Å². The Morgan fingerprint density at radius 3 is 1.11 bits per heavy atom. The molecule has 61 heavy (non-hydrogen) atoms. The van der Waals surface area contributed by atoms with Gasteiger partial charge in [-0.3, -0.25) is 0 Å². The third-order valence-corrected chi connectivity index (χ3v) is 13.6. The summed E-state index contributed by atoms with van der Waals surface area (Å²) >= 11 is 0. The number of hydrogen-bond acceptors (Lipinski definition) is 1. The second kappa shape index (κ2) is 12.3. The molecule has 1 aromatic heterocycles. The highest BCUT2D eigenvalue weighted by atomic mass is 16.3. The maximum absolute atomic E-state index is 7.27. The molecular formula is C60H34O. The van der Waals surface area contributed by atoms with Crippen molar-refractivity contribution in [3.05, 3.63) is 206 Å². The van der Waals surface area contributed by atoms with Crippen LogP contribution >= 0.6 is 0 Å². The Hall–Kier alpha value is -8.00. The van der Waals surface area contributed by atoms with Gasteiger partial charge in [0.15, 0.2) is 0 Å². The average Bonchev–Trinajstić information content (AvgIpc) is 3.73. The van der Waals surface area contributed by atoms with Crippen molar-refractivity contribution >= 4 is 97.3 Å². The first-order chi connectivity index (χ1) is 30.3. The van der Waals surface area contributed by atoms with E-state index < -0.39 is 0 Å². The van der Waals surface area contributed by atoms with E-state index in [1.807, 2.05) is 0 Å². The van der Waals surface area contributed by atoms with Crippen LogP contribution in [0.15, 0.2) is 211 Å². The van der Waals surface area contributed by atoms with Crippen molar-refractivity contribution in [3.63, 3.8) is 0 Å². The predicted molar refractivity (Wildman–Crippen MR) is 260 cm³/mol. The van der Waals surface area contributed by atoms with Gasteiger partial charge in [-0.15, -0.1) is 0 Å². The fourth-order valence-electron chi connectivity index (χ4n) is 10.9. The van der Waals surface area contributed by atoms with E-state index in [2.05, 4.69) is 206 Å². The lowest BCUT2D eigenvalue weighted by Crippen LogP contribution is -1.91. The van der Waals surface area contributed by atoms with Crippen LogP contribution in [0.4, 0.5) is 0 Å². The molecule has 0 aliphatic carbocycles. The highest BCUT2D eigenvalue weighted by molar-refractivity contribution is 6.31. The molecule has 0 bridgehead atoms. The molecule has 0 saturated heterocycles. The standard InChI is InChI=1S/C60H34O/c1-3-9-35(10-4-1)42-24-16-38-22-30-49-45(26-18-40-20-28-47(42)54(38)56(40)49)51-33-34-52(60-58(51)53-32-15-37-13-7-8-14-44(37)59(53)61-60)46-27-19-41-21-29-48-43(36-11-5-2-6-12-36)25-17-39-23-31-50(46)57(41)55(39)48/h1-34H. The van der Waals surface area contributed by atoms with Crippen molar-refractivity contribution in [2.45, 2.75) is 0 Å². The van der Waals surface area contributed by atoms with Crippen LogP contribution in [0.2, 0.25) is 0 Å². The quantitative estimate of drug-likeness (QED) is 0.162. The first kappa shape index (κ1) is 32.9. The molecule has 0 radical (unpaired) electrons. The van der Waals surface area contributed by atoms with Crippen molar-refractivity contribution in [3.8, 4) is 44.5 Å². The fourth-order valence-corrected chi connectivity index (χ4v) is 10.9. The zero-order valence-corrected chi connectivity index (χ0v) is 33.0. The minimum atomic E-state index is 0.918. The van der Waals surface area contributed by atoms with Gasteiger partial charge in [-0.1, -0.05) is 194 Å². The Balaban J connectivity index is 1.07. The molecule has 1 nitrogen and oxygen atoms in total. The first-order valence-corrected chi connectivity index (χ1v) is 21.2. The summed E-state index contributed by atoms with van der Waals surface area (Å²) in [4.78, 5) is 0. The smallest absolute Gasteiger partial charge is 0.143 e. The van der Waals surface area contributed by atoms with Gasteiger partial charge >= 0.3 is 0 Å². The number of fused-ring (bicyclic) bond motifs is 5. The molecule has 13 aromatic carbocycles. The molecule has 14 rings (SSSR count). The fraction of sp³-hybridized carbons (Fsp3) is 0. The monoisotopic (exact) mass is 770 g/mol. The van der Waals surface area contributed by atoms with E-state index in [0.29, 0.717) is 0 Å². The van der Waals surface area contributed by atoms with Crippen LogP contribution in [0.3, 0.4) is 0 Å². The van der Waals surface area contributed by atoms with Gasteiger partial charge < -0.3 is 4.42 Å². The van der Waals surface area contributed by atoms with E-state index >= 15 is 0 Å². The normalized spacial score (nSPS) is 12.3. The van der Waals surface area contributed by atoms with E-state index in [0.717, 1.165) is 32.9 Å². The summed E-state index contributed by atoms with van der Waals surface area (Å²) in [5, 5.41) is 19.9. The Morgan fingerprint density at radius 1 is 0.197 bits per heavy atom. The Labute approximate surface area is 351 Å². The number of furan rings is 1. The van der Waals surface area contributed by atoms with Gasteiger partial charge in [0, 0.05) is 21.7 Å². The molecule has 0 N–H and O–H groups in total. The zero-order valence-electron chi connectivity index (χ0n) is 33.0. The molecular weight excluding hydrogens is 737 g/mol. The largest absolute Gasteiger partial charge is 0.455 e. The lowest BCUT2D eigenvalue weighted by atomic mass is 9.85. The van der Waals surface area contributed by atoms with Crippen molar-refractivity contribution < 1.29 is 4.42 Å². The van der Waals surface area contributed by atoms with Crippen molar-refractivity contribution in [1.82, 2.24) is 0 Å². The second-order valence-electron chi connectivity index (χ2n) is 16.7. The lowest BCUT2D eigenvalue weighted by Gasteiger charge is -2.18. The zero-order chi connectivity index (χ0) is 39.8. The predicted octanol–water partition coefficient (Wildman–Crippen LogP) is 17.2. The molecule has 280 valence electrons. The van der Waals surface area contributed by atoms with E-state index in [-0.39, 0.29) is 0 Å². The Kier molecular flexibility index (Phi) is 6.62. The molecule has 0 fully saturated rings. The topological polar surface area (TPSA) is 13.1 Å². The third-order valence-electron chi connectivity index (χ3n) is 13.6. The minimum Gasteiger partial charge on any atom is -0.455 e. The van der Waals surface area contributed by atoms with Crippen LogP contribution < -0.4 is 0 Å². The van der Waals surface area contributed by atoms with Crippen molar-refractivity contribution in [2.75, 3.05) is 0 Å². The highest BCUT2D eigenvalue weighted by Crippen LogP contribution is 2.50. The molecule has 0 aliphatic rings. The van der Waals surface area contributed by atoms with Gasteiger partial charge in [0.25, 0.3) is 0 Å². The summed E-state index contributed by atoms with van der Waals surface area (Å²) in [6.07, 6.45) is 0. The van der Waals surface area contributed by atoms with Crippen LogP contribution in [-0.4, -0.2) is 0 Å². The molecule has 0 amide bonds. The number of rotatable bonds is 4. The number of benzene rings is 13. The van der Waals surface area contributed by atoms with E-state index in [1.165, 1.54) is 109 Å². The van der Waals surface area contributed by atoms with E-state index in [4.69, 9.17) is 4.42 Å². The average molecular weight is 771 g/mol. The van der Waals surface area contributed by atoms with Crippen molar-refractivity contribution in [1.29, 1.82) is 0 Å². The van der Waals surface area contributed by atoms with Gasteiger partial charge in [-0.2, -0.15) is 0 Å². The summed E-state index contributed by atoms with van der Waals surface area (Å²) < 4.78 is 7.27. The van der Waals surface area contributed by atoms with Gasteiger partial charge in [-0.25, -0.2) is 0 Å². The highest BCUT2D eigenvalue weighted by Gasteiger charge is 2.23. The molecule has 0 aliphatic heterocycles. The summed E-state index contributed by atoms with van der Waals surface area (Å²) in [5.41, 5.74) is 11.5. The third kappa shape index (κ3) is 4.55. The van der Waals surface area contributed by atoms with Gasteiger partial charge in [0.2, 0.25) is 0 Å². The van der Waals surface area contributed by atoms with E-state index in [9.17, 15) is 0 Å². The molecule has 0 saturated carbocycles. The van der Waals surface area contributed by atoms with Crippen LogP contribution in [0, 0.1) is 0 Å². The Bertz CT molecular complexity index is 4080. The Morgan fingerprint density at radius 2 is 0.574 bits per heavy atom.